The van der Waals surface area contributed by atoms with Crippen molar-refractivity contribution in [3.63, 3.8) is 0 Å². The normalized spacial score (nSPS) is 11.5. The summed E-state index contributed by atoms with van der Waals surface area (Å²) in [5.41, 5.74) is 2.25. The lowest BCUT2D eigenvalue weighted by Gasteiger charge is -2.01. The van der Waals surface area contributed by atoms with E-state index in [9.17, 15) is 8.78 Å². The molecule has 0 radical (unpaired) electrons. The van der Waals surface area contributed by atoms with Crippen molar-refractivity contribution in [2.75, 3.05) is 5.43 Å². The van der Waals surface area contributed by atoms with Gasteiger partial charge < -0.3 is 0 Å². The second-order valence-corrected chi connectivity index (χ2v) is 2.89. The fourth-order valence-corrected chi connectivity index (χ4v) is 0.763. The van der Waals surface area contributed by atoms with Gasteiger partial charge in [0, 0.05) is 6.07 Å². The van der Waals surface area contributed by atoms with Crippen LogP contribution in [0.3, 0.4) is 0 Å². The standard InChI is InChI=1S/C8H7ClF2N2/c1-5(9)12-13-8-4-6(10)2-3-7(8)11/h2-4,13H,1H3/b12-5-. The summed E-state index contributed by atoms with van der Waals surface area (Å²) in [6.45, 7) is 1.52. The zero-order chi connectivity index (χ0) is 9.84. The Bertz CT molecular complexity index is 335. The van der Waals surface area contributed by atoms with Gasteiger partial charge in [0.15, 0.2) is 0 Å². The van der Waals surface area contributed by atoms with Gasteiger partial charge in [-0.15, -0.1) is 0 Å². The van der Waals surface area contributed by atoms with Crippen molar-refractivity contribution in [3.8, 4) is 0 Å². The lowest BCUT2D eigenvalue weighted by molar-refractivity contribution is 0.603. The summed E-state index contributed by atoms with van der Waals surface area (Å²) in [6, 6.07) is 3.03. The second-order valence-electron chi connectivity index (χ2n) is 2.34. The van der Waals surface area contributed by atoms with E-state index in [0.717, 1.165) is 18.2 Å². The van der Waals surface area contributed by atoms with E-state index in [0.29, 0.717) is 0 Å². The first-order valence-electron chi connectivity index (χ1n) is 3.50. The molecule has 1 N–H and O–H groups in total. The summed E-state index contributed by atoms with van der Waals surface area (Å²) in [6.07, 6.45) is 0. The van der Waals surface area contributed by atoms with Crippen molar-refractivity contribution >= 4 is 22.5 Å². The Hall–Kier alpha value is -1.16. The topological polar surface area (TPSA) is 24.4 Å². The molecule has 1 rings (SSSR count). The summed E-state index contributed by atoms with van der Waals surface area (Å²) in [7, 11) is 0. The lowest BCUT2D eigenvalue weighted by Crippen LogP contribution is -1.95. The van der Waals surface area contributed by atoms with E-state index in [-0.39, 0.29) is 10.9 Å². The van der Waals surface area contributed by atoms with Crippen LogP contribution in [0.25, 0.3) is 0 Å². The van der Waals surface area contributed by atoms with Crippen LogP contribution in [0.5, 0.6) is 0 Å². The molecule has 0 aromatic heterocycles. The van der Waals surface area contributed by atoms with E-state index in [1.54, 1.807) is 0 Å². The number of anilines is 1. The molecule has 0 saturated heterocycles. The Morgan fingerprint density at radius 3 is 2.77 bits per heavy atom. The average Bonchev–Trinajstić information content (AvgIpc) is 2.06. The summed E-state index contributed by atoms with van der Waals surface area (Å²) in [4.78, 5) is 0. The zero-order valence-electron chi connectivity index (χ0n) is 6.81. The third kappa shape index (κ3) is 2.99. The highest BCUT2D eigenvalue weighted by Gasteiger charge is 2.01. The molecule has 0 aliphatic carbocycles. The van der Waals surface area contributed by atoms with E-state index in [1.807, 2.05) is 0 Å². The molecule has 0 unspecified atom stereocenters. The van der Waals surface area contributed by atoms with Crippen LogP contribution in [0.15, 0.2) is 23.3 Å². The number of halogens is 3. The maximum atomic E-state index is 12.9. The Morgan fingerprint density at radius 2 is 2.15 bits per heavy atom. The Kier molecular flexibility index (Phi) is 3.19. The molecule has 1 aromatic rings. The van der Waals surface area contributed by atoms with Gasteiger partial charge in [-0.05, 0) is 19.1 Å². The second kappa shape index (κ2) is 4.18. The third-order valence-electron chi connectivity index (χ3n) is 1.26. The largest absolute Gasteiger partial charge is 0.274 e. The molecule has 0 bridgehead atoms. The van der Waals surface area contributed by atoms with Gasteiger partial charge in [-0.2, -0.15) is 5.10 Å². The Morgan fingerprint density at radius 1 is 1.46 bits per heavy atom. The number of rotatable bonds is 2. The number of hydrazone groups is 1. The van der Waals surface area contributed by atoms with Gasteiger partial charge >= 0.3 is 0 Å². The van der Waals surface area contributed by atoms with Crippen molar-refractivity contribution < 1.29 is 8.78 Å². The Balaban J connectivity index is 2.87. The third-order valence-corrected chi connectivity index (χ3v) is 1.34. The first-order valence-corrected chi connectivity index (χ1v) is 3.88. The Labute approximate surface area is 79.2 Å². The van der Waals surface area contributed by atoms with Crippen molar-refractivity contribution in [1.82, 2.24) is 0 Å². The quantitative estimate of drug-likeness (QED) is 0.581. The molecule has 0 aliphatic heterocycles. The van der Waals surface area contributed by atoms with Gasteiger partial charge in [-0.25, -0.2) is 8.78 Å². The molecule has 0 aliphatic rings. The minimum atomic E-state index is -0.580. The summed E-state index contributed by atoms with van der Waals surface area (Å²) < 4.78 is 25.5. The fraction of sp³-hybridized carbons (Fsp3) is 0.125. The molecule has 70 valence electrons. The molecule has 0 saturated carbocycles. The predicted octanol–water partition coefficient (Wildman–Crippen LogP) is 2.95. The molecule has 2 nitrogen and oxygen atoms in total. The number of hydrogen-bond acceptors (Lipinski definition) is 2. The molecule has 0 spiro atoms. The van der Waals surface area contributed by atoms with Crippen LogP contribution in [0.1, 0.15) is 6.92 Å². The smallest absolute Gasteiger partial charge is 0.148 e. The van der Waals surface area contributed by atoms with Crippen molar-refractivity contribution in [2.24, 2.45) is 5.10 Å². The van der Waals surface area contributed by atoms with Gasteiger partial charge in [-0.3, -0.25) is 5.43 Å². The van der Waals surface area contributed by atoms with Crippen LogP contribution in [0, 0.1) is 11.6 Å². The highest BCUT2D eigenvalue weighted by atomic mass is 35.5. The van der Waals surface area contributed by atoms with Crippen molar-refractivity contribution in [3.05, 3.63) is 29.8 Å². The van der Waals surface area contributed by atoms with Gasteiger partial charge in [0.1, 0.15) is 16.8 Å². The van der Waals surface area contributed by atoms with E-state index < -0.39 is 11.6 Å². The molecule has 0 fully saturated rings. The summed E-state index contributed by atoms with van der Waals surface area (Å²) in [5.74, 6) is -1.12. The van der Waals surface area contributed by atoms with Gasteiger partial charge in [0.25, 0.3) is 0 Å². The maximum absolute atomic E-state index is 12.9. The van der Waals surface area contributed by atoms with Gasteiger partial charge in [0.2, 0.25) is 0 Å². The van der Waals surface area contributed by atoms with Crippen LogP contribution < -0.4 is 5.43 Å². The average molecular weight is 205 g/mol. The molecule has 1 aromatic carbocycles. The summed E-state index contributed by atoms with van der Waals surface area (Å²) >= 11 is 5.39. The van der Waals surface area contributed by atoms with Crippen LogP contribution in [-0.4, -0.2) is 5.17 Å². The number of nitrogens with one attached hydrogen (secondary N) is 1. The van der Waals surface area contributed by atoms with Crippen LogP contribution in [-0.2, 0) is 0 Å². The van der Waals surface area contributed by atoms with Gasteiger partial charge in [-0.1, -0.05) is 11.6 Å². The van der Waals surface area contributed by atoms with Crippen molar-refractivity contribution in [1.29, 1.82) is 0 Å². The first kappa shape index (κ1) is 9.92. The fourth-order valence-electron chi connectivity index (χ4n) is 0.720. The monoisotopic (exact) mass is 204 g/mol. The van der Waals surface area contributed by atoms with Crippen LogP contribution in [0.4, 0.5) is 14.5 Å². The summed E-state index contributed by atoms with van der Waals surface area (Å²) in [5, 5.41) is 3.73. The van der Waals surface area contributed by atoms with Crippen LogP contribution in [0.2, 0.25) is 0 Å². The maximum Gasteiger partial charge on any atom is 0.148 e. The molecule has 0 heterocycles. The molecule has 0 atom stereocenters. The minimum Gasteiger partial charge on any atom is -0.274 e. The molecule has 0 amide bonds. The van der Waals surface area contributed by atoms with E-state index >= 15 is 0 Å². The SMILES string of the molecule is C/C(Cl)=N/Nc1cc(F)ccc1F. The molecular formula is C8H7ClF2N2. The van der Waals surface area contributed by atoms with E-state index in [1.165, 1.54) is 6.92 Å². The van der Waals surface area contributed by atoms with E-state index in [2.05, 4.69) is 10.5 Å². The van der Waals surface area contributed by atoms with Crippen LogP contribution >= 0.6 is 11.6 Å². The van der Waals surface area contributed by atoms with Gasteiger partial charge in [0.05, 0.1) is 5.69 Å². The minimum absolute atomic E-state index is 0.0417. The van der Waals surface area contributed by atoms with Crippen molar-refractivity contribution in [2.45, 2.75) is 6.92 Å². The molecule has 5 heteroatoms. The first-order chi connectivity index (χ1) is 6.09. The number of benzene rings is 1. The lowest BCUT2D eigenvalue weighted by atomic mass is 10.3. The highest BCUT2D eigenvalue weighted by molar-refractivity contribution is 6.64. The number of hydrogen-bond donors (Lipinski definition) is 1. The number of nitrogens with zero attached hydrogens (tertiary/aromatic N) is 1. The zero-order valence-corrected chi connectivity index (χ0v) is 7.57. The van der Waals surface area contributed by atoms with E-state index in [4.69, 9.17) is 11.6 Å². The molecular weight excluding hydrogens is 198 g/mol. The highest BCUT2D eigenvalue weighted by Crippen LogP contribution is 2.15. The predicted molar refractivity (Wildman–Crippen MR) is 48.9 cm³/mol. The molecule has 13 heavy (non-hydrogen) atoms.